The zero-order valence-corrected chi connectivity index (χ0v) is 13.0. The van der Waals surface area contributed by atoms with E-state index in [0.29, 0.717) is 0 Å². The number of amides is 2. The molecule has 0 aliphatic carbocycles. The first-order valence-electron chi connectivity index (χ1n) is 7.17. The van der Waals surface area contributed by atoms with E-state index in [4.69, 9.17) is 0 Å². The van der Waals surface area contributed by atoms with E-state index in [1.807, 2.05) is 12.2 Å². The molecule has 0 aromatic rings. The molecule has 2 aliphatic heterocycles. The summed E-state index contributed by atoms with van der Waals surface area (Å²) in [6, 6.07) is -1.88. The minimum atomic E-state index is -4.46. The average molecular weight is 344 g/mol. The lowest BCUT2D eigenvalue weighted by Gasteiger charge is -2.33. The van der Waals surface area contributed by atoms with Gasteiger partial charge < -0.3 is 16.0 Å². The first-order valence-corrected chi connectivity index (χ1v) is 7.17. The monoisotopic (exact) mass is 343 g/mol. The van der Waals surface area contributed by atoms with Gasteiger partial charge in [-0.1, -0.05) is 6.92 Å². The summed E-state index contributed by atoms with van der Waals surface area (Å²) in [7, 11) is 0. The van der Waals surface area contributed by atoms with Gasteiger partial charge in [0.2, 0.25) is 11.8 Å². The largest absolute Gasteiger partial charge is 0.408 e. The molecule has 0 aromatic carbocycles. The molecule has 4 unspecified atom stereocenters. The SMILES string of the molecule is CC1CNCCC1NC(=O)C1CCC(C(F)(F)F)NC1=O.Cl. The number of rotatable bonds is 2. The Hall–Kier alpha value is -1.02. The van der Waals surface area contributed by atoms with Crippen LogP contribution in [0, 0.1) is 11.8 Å². The van der Waals surface area contributed by atoms with E-state index in [2.05, 4.69) is 10.6 Å². The Morgan fingerprint density at radius 3 is 2.50 bits per heavy atom. The van der Waals surface area contributed by atoms with Crippen LogP contribution < -0.4 is 16.0 Å². The van der Waals surface area contributed by atoms with Gasteiger partial charge in [0.15, 0.2) is 0 Å². The van der Waals surface area contributed by atoms with Crippen LogP contribution in [0.4, 0.5) is 13.2 Å². The number of halogens is 4. The van der Waals surface area contributed by atoms with Crippen molar-refractivity contribution < 1.29 is 22.8 Å². The minimum Gasteiger partial charge on any atom is -0.352 e. The van der Waals surface area contributed by atoms with Crippen LogP contribution in [0.5, 0.6) is 0 Å². The van der Waals surface area contributed by atoms with Crippen molar-refractivity contribution in [3.63, 3.8) is 0 Å². The highest BCUT2D eigenvalue weighted by Gasteiger charge is 2.46. The van der Waals surface area contributed by atoms with Gasteiger partial charge in [0.25, 0.3) is 0 Å². The fourth-order valence-electron chi connectivity index (χ4n) is 2.82. The molecule has 0 radical (unpaired) electrons. The van der Waals surface area contributed by atoms with Crippen molar-refractivity contribution in [2.24, 2.45) is 11.8 Å². The van der Waals surface area contributed by atoms with Gasteiger partial charge in [-0.3, -0.25) is 9.59 Å². The molecule has 9 heteroatoms. The second-order valence-electron chi connectivity index (χ2n) is 5.82. The maximum absolute atomic E-state index is 12.5. The van der Waals surface area contributed by atoms with Gasteiger partial charge in [-0.15, -0.1) is 12.4 Å². The number of hydrogen-bond donors (Lipinski definition) is 3. The molecule has 0 saturated carbocycles. The maximum Gasteiger partial charge on any atom is 0.408 e. The normalized spacial score (nSPS) is 32.6. The first kappa shape index (κ1) is 19.0. The van der Waals surface area contributed by atoms with E-state index in [9.17, 15) is 22.8 Å². The van der Waals surface area contributed by atoms with Crippen LogP contribution in [0.15, 0.2) is 0 Å². The summed E-state index contributed by atoms with van der Waals surface area (Å²) >= 11 is 0. The summed E-state index contributed by atoms with van der Waals surface area (Å²) in [5, 5.41) is 7.89. The molecule has 2 rings (SSSR count). The molecule has 3 N–H and O–H groups in total. The van der Waals surface area contributed by atoms with Gasteiger partial charge in [0.1, 0.15) is 12.0 Å². The lowest BCUT2D eigenvalue weighted by atomic mass is 9.90. The zero-order valence-electron chi connectivity index (χ0n) is 12.2. The Balaban J connectivity index is 0.00000242. The number of alkyl halides is 3. The summed E-state index contributed by atoms with van der Waals surface area (Å²) in [4.78, 5) is 23.8. The summed E-state index contributed by atoms with van der Waals surface area (Å²) in [6.45, 7) is 3.54. The number of piperidine rings is 2. The van der Waals surface area contributed by atoms with Crippen molar-refractivity contribution in [1.82, 2.24) is 16.0 Å². The molecule has 2 saturated heterocycles. The molecule has 0 spiro atoms. The molecule has 0 aromatic heterocycles. The molecule has 2 amide bonds. The van der Waals surface area contributed by atoms with Gasteiger partial charge >= 0.3 is 6.18 Å². The van der Waals surface area contributed by atoms with E-state index in [1.165, 1.54) is 0 Å². The van der Waals surface area contributed by atoms with Crippen LogP contribution in [-0.4, -0.2) is 43.2 Å². The first-order chi connectivity index (χ1) is 9.79. The lowest BCUT2D eigenvalue weighted by molar-refractivity contribution is -0.171. The highest BCUT2D eigenvalue weighted by atomic mass is 35.5. The molecule has 2 fully saturated rings. The number of carbonyl (C=O) groups is 2. The van der Waals surface area contributed by atoms with E-state index in [0.717, 1.165) is 19.5 Å². The summed E-state index contributed by atoms with van der Waals surface area (Å²) in [5.41, 5.74) is 0. The van der Waals surface area contributed by atoms with Gasteiger partial charge in [0.05, 0.1) is 0 Å². The Labute approximate surface area is 133 Å². The van der Waals surface area contributed by atoms with Gasteiger partial charge in [-0.05, 0) is 38.3 Å². The molecule has 22 heavy (non-hydrogen) atoms. The van der Waals surface area contributed by atoms with E-state index in [1.54, 1.807) is 0 Å². The smallest absolute Gasteiger partial charge is 0.352 e. The highest BCUT2D eigenvalue weighted by molar-refractivity contribution is 6.01. The number of hydrogen-bond acceptors (Lipinski definition) is 3. The Morgan fingerprint density at radius 1 is 1.27 bits per heavy atom. The van der Waals surface area contributed by atoms with Gasteiger partial charge in [-0.25, -0.2) is 0 Å². The fourth-order valence-corrected chi connectivity index (χ4v) is 2.82. The van der Waals surface area contributed by atoms with E-state index < -0.39 is 30.0 Å². The average Bonchev–Trinajstić information content (AvgIpc) is 2.40. The predicted molar refractivity (Wildman–Crippen MR) is 76.5 cm³/mol. The third kappa shape index (κ3) is 4.49. The summed E-state index contributed by atoms with van der Waals surface area (Å²) in [5.74, 6) is -2.09. The van der Waals surface area contributed by atoms with Crippen LogP contribution in [0.3, 0.4) is 0 Å². The summed E-state index contributed by atoms with van der Waals surface area (Å²) < 4.78 is 37.6. The third-order valence-electron chi connectivity index (χ3n) is 4.20. The molecular weight excluding hydrogens is 323 g/mol. The molecule has 2 heterocycles. The van der Waals surface area contributed by atoms with Crippen molar-refractivity contribution in [3.8, 4) is 0 Å². The fraction of sp³-hybridized carbons (Fsp3) is 0.846. The third-order valence-corrected chi connectivity index (χ3v) is 4.20. The number of carbonyl (C=O) groups excluding carboxylic acids is 2. The standard InChI is InChI=1S/C13H20F3N3O2.ClH/c1-7-6-17-5-4-9(7)18-11(20)8-2-3-10(13(14,15)16)19-12(8)21;/h7-10,17H,2-6H2,1H3,(H,18,20)(H,19,21);1H. The highest BCUT2D eigenvalue weighted by Crippen LogP contribution is 2.28. The van der Waals surface area contributed by atoms with Crippen molar-refractivity contribution in [1.29, 1.82) is 0 Å². The second kappa shape index (κ2) is 7.50. The van der Waals surface area contributed by atoms with Crippen LogP contribution in [0.1, 0.15) is 26.2 Å². The summed E-state index contributed by atoms with van der Waals surface area (Å²) in [6.07, 6.45) is -4.02. The quantitative estimate of drug-likeness (QED) is 0.655. The van der Waals surface area contributed by atoms with Crippen molar-refractivity contribution in [2.75, 3.05) is 13.1 Å². The molecule has 5 nitrogen and oxygen atoms in total. The Kier molecular flexibility index (Phi) is 6.49. The molecular formula is C13H21ClF3N3O2. The maximum atomic E-state index is 12.5. The van der Waals surface area contributed by atoms with Crippen LogP contribution >= 0.6 is 12.4 Å². The van der Waals surface area contributed by atoms with Crippen LogP contribution in [-0.2, 0) is 9.59 Å². The topological polar surface area (TPSA) is 70.2 Å². The molecule has 0 bridgehead atoms. The van der Waals surface area contributed by atoms with Crippen molar-refractivity contribution >= 4 is 24.2 Å². The van der Waals surface area contributed by atoms with Gasteiger partial charge in [-0.2, -0.15) is 13.2 Å². The van der Waals surface area contributed by atoms with E-state index >= 15 is 0 Å². The Morgan fingerprint density at radius 2 is 1.95 bits per heavy atom. The van der Waals surface area contributed by atoms with E-state index in [-0.39, 0.29) is 37.2 Å². The van der Waals surface area contributed by atoms with Crippen molar-refractivity contribution in [2.45, 2.75) is 44.4 Å². The number of nitrogens with one attached hydrogen (secondary N) is 3. The second-order valence-corrected chi connectivity index (χ2v) is 5.82. The minimum absolute atomic E-state index is 0. The predicted octanol–water partition coefficient (Wildman–Crippen LogP) is 0.979. The van der Waals surface area contributed by atoms with Crippen LogP contribution in [0.2, 0.25) is 0 Å². The lowest BCUT2D eigenvalue weighted by Crippen LogP contribution is -2.56. The Bertz CT molecular complexity index is 420. The molecule has 128 valence electrons. The molecule has 4 atom stereocenters. The van der Waals surface area contributed by atoms with Crippen LogP contribution in [0.25, 0.3) is 0 Å². The van der Waals surface area contributed by atoms with Gasteiger partial charge in [0, 0.05) is 6.04 Å². The zero-order chi connectivity index (χ0) is 15.6. The molecule has 2 aliphatic rings. The van der Waals surface area contributed by atoms with Crippen molar-refractivity contribution in [3.05, 3.63) is 0 Å².